The van der Waals surface area contributed by atoms with E-state index in [1.165, 1.54) is 11.1 Å². The molecule has 39 heavy (non-hydrogen) atoms. The number of hydrogen-bond acceptors (Lipinski definition) is 6. The van der Waals surface area contributed by atoms with E-state index in [1.807, 2.05) is 12.3 Å². The highest BCUT2D eigenvalue weighted by Gasteiger charge is 2.38. The molecule has 1 saturated heterocycles. The number of benzene rings is 2. The molecule has 0 spiro atoms. The van der Waals surface area contributed by atoms with Crippen LogP contribution < -0.4 is 16.2 Å². The zero-order valence-corrected chi connectivity index (χ0v) is 22.0. The Morgan fingerprint density at radius 2 is 1.95 bits per heavy atom. The summed E-state index contributed by atoms with van der Waals surface area (Å²) in [4.78, 5) is 23.7. The van der Waals surface area contributed by atoms with Crippen molar-refractivity contribution in [2.45, 2.75) is 56.6 Å². The number of rotatable bonds is 6. The van der Waals surface area contributed by atoms with Crippen molar-refractivity contribution in [1.29, 1.82) is 0 Å². The second-order valence-electron chi connectivity index (χ2n) is 11.3. The number of aromatic nitrogens is 3. The third kappa shape index (κ3) is 4.33. The molecule has 4 aromatic rings. The lowest BCUT2D eigenvalue weighted by Crippen LogP contribution is -2.44. The molecular weight excluding hydrogens is 488 g/mol. The first-order valence-corrected chi connectivity index (χ1v) is 14.1. The highest BCUT2D eigenvalue weighted by atomic mass is 16.5. The molecule has 3 aliphatic rings. The lowest BCUT2D eigenvalue weighted by molar-refractivity contribution is -0.122. The van der Waals surface area contributed by atoms with E-state index in [-0.39, 0.29) is 18.1 Å². The summed E-state index contributed by atoms with van der Waals surface area (Å²) in [5.74, 6) is 3.10. The average Bonchev–Trinajstić information content (AvgIpc) is 3.56. The summed E-state index contributed by atoms with van der Waals surface area (Å²) in [7, 11) is 0. The summed E-state index contributed by atoms with van der Waals surface area (Å²) < 4.78 is 8.61. The van der Waals surface area contributed by atoms with Gasteiger partial charge in [-0.25, -0.2) is 9.97 Å². The highest BCUT2D eigenvalue weighted by molar-refractivity contribution is 5.86. The predicted molar refractivity (Wildman–Crippen MR) is 150 cm³/mol. The van der Waals surface area contributed by atoms with Crippen molar-refractivity contribution >= 4 is 17.2 Å². The van der Waals surface area contributed by atoms with Crippen LogP contribution in [0.15, 0.2) is 60.9 Å². The number of ether oxygens (including phenoxy) is 1. The molecule has 8 heteroatoms. The molecule has 2 atom stereocenters. The molecule has 0 bridgehead atoms. The van der Waals surface area contributed by atoms with Crippen molar-refractivity contribution in [2.24, 2.45) is 11.7 Å². The number of aryl methyl sites for hydroxylation is 1. The van der Waals surface area contributed by atoms with Gasteiger partial charge < -0.3 is 16.2 Å². The predicted octanol–water partition coefficient (Wildman–Crippen LogP) is 4.49. The molecule has 4 N–H and O–H groups in total. The van der Waals surface area contributed by atoms with Crippen molar-refractivity contribution in [3.8, 4) is 17.0 Å². The van der Waals surface area contributed by atoms with E-state index >= 15 is 0 Å². The van der Waals surface area contributed by atoms with Crippen molar-refractivity contribution in [3.05, 3.63) is 77.9 Å². The molecule has 1 unspecified atom stereocenters. The number of anilines is 1. The van der Waals surface area contributed by atoms with E-state index < -0.39 is 0 Å². The van der Waals surface area contributed by atoms with E-state index in [0.717, 1.165) is 80.0 Å². The van der Waals surface area contributed by atoms with Crippen LogP contribution in [0.5, 0.6) is 5.75 Å². The van der Waals surface area contributed by atoms with Gasteiger partial charge in [0.2, 0.25) is 5.91 Å². The number of nitrogens with two attached hydrogens (primary N) is 2. The maximum absolute atomic E-state index is 11.8. The maximum Gasteiger partial charge on any atom is 0.234 e. The first-order chi connectivity index (χ1) is 19.0. The van der Waals surface area contributed by atoms with E-state index in [2.05, 4.69) is 56.7 Å². The Hall–Kier alpha value is -3.91. The summed E-state index contributed by atoms with van der Waals surface area (Å²) in [5.41, 5.74) is 17.2. The van der Waals surface area contributed by atoms with Gasteiger partial charge in [0.05, 0.1) is 6.04 Å². The minimum absolute atomic E-state index is 0.0478. The van der Waals surface area contributed by atoms with Gasteiger partial charge in [0.15, 0.2) is 0 Å². The first kappa shape index (κ1) is 24.2. The number of fused-ring (bicyclic) bond motifs is 2. The minimum Gasteiger partial charge on any atom is -0.485 e. The number of nitrogen functional groups attached to an aromatic ring is 1. The molecule has 1 aliphatic carbocycles. The lowest BCUT2D eigenvalue weighted by Gasteiger charge is -2.38. The zero-order chi connectivity index (χ0) is 26.5. The van der Waals surface area contributed by atoms with Gasteiger partial charge in [0.1, 0.15) is 34.7 Å². The summed E-state index contributed by atoms with van der Waals surface area (Å²) >= 11 is 0. The van der Waals surface area contributed by atoms with E-state index in [1.54, 1.807) is 6.20 Å². The fourth-order valence-electron chi connectivity index (χ4n) is 6.79. The van der Waals surface area contributed by atoms with Gasteiger partial charge in [-0.3, -0.25) is 14.1 Å². The number of hydrogen-bond donors (Lipinski definition) is 2. The molecule has 2 fully saturated rings. The molecular formula is C31H34N6O2. The Morgan fingerprint density at radius 3 is 2.77 bits per heavy atom. The molecule has 1 amide bonds. The lowest BCUT2D eigenvalue weighted by atomic mass is 9.74. The second-order valence-corrected chi connectivity index (χ2v) is 11.3. The number of primary amides is 1. The molecule has 2 aliphatic heterocycles. The zero-order valence-electron chi connectivity index (χ0n) is 22.0. The number of likely N-dealkylation sites (tertiary alicyclic amines) is 1. The van der Waals surface area contributed by atoms with Crippen LogP contribution in [-0.4, -0.2) is 44.3 Å². The molecule has 0 radical (unpaired) electrons. The Kier molecular flexibility index (Phi) is 6.00. The van der Waals surface area contributed by atoms with Gasteiger partial charge in [-0.1, -0.05) is 42.5 Å². The highest BCUT2D eigenvalue weighted by Crippen LogP contribution is 2.45. The number of carbonyl (C=O) groups excluding carboxylic acids is 1. The number of nitrogens with zero attached hydrogens (tertiary/aromatic N) is 4. The Bertz CT molecular complexity index is 1530. The normalized spacial score (nSPS) is 24.7. The van der Waals surface area contributed by atoms with Crippen LogP contribution in [0.4, 0.5) is 5.82 Å². The van der Waals surface area contributed by atoms with Gasteiger partial charge >= 0.3 is 0 Å². The third-order valence-electron chi connectivity index (χ3n) is 8.85. The fourth-order valence-corrected chi connectivity index (χ4v) is 6.79. The monoisotopic (exact) mass is 522 g/mol. The maximum atomic E-state index is 11.8. The Morgan fingerprint density at radius 1 is 1.10 bits per heavy atom. The van der Waals surface area contributed by atoms with Crippen LogP contribution in [0, 0.1) is 5.92 Å². The fraction of sp³-hybridized carbons (Fsp3) is 0.387. The topological polar surface area (TPSA) is 112 Å². The Labute approximate surface area is 228 Å². The van der Waals surface area contributed by atoms with Gasteiger partial charge in [-0.2, -0.15) is 0 Å². The van der Waals surface area contributed by atoms with E-state index in [0.29, 0.717) is 17.7 Å². The van der Waals surface area contributed by atoms with Crippen molar-refractivity contribution < 1.29 is 9.53 Å². The largest absolute Gasteiger partial charge is 0.485 e. The smallest absolute Gasteiger partial charge is 0.234 e. The summed E-state index contributed by atoms with van der Waals surface area (Å²) in [6.45, 7) is 1.88. The molecule has 4 heterocycles. The van der Waals surface area contributed by atoms with Gasteiger partial charge in [-0.15, -0.1) is 0 Å². The number of amides is 1. The number of carbonyl (C=O) groups is 1. The van der Waals surface area contributed by atoms with Crippen LogP contribution in [0.25, 0.3) is 16.8 Å². The van der Waals surface area contributed by atoms with Crippen LogP contribution in [0.1, 0.15) is 61.1 Å². The SMILES string of the molecule is NC(=O)[C@@H]1CCCN1CC1CC(c2nc(-c3ccc4c(c3)OC(c3ccccc3)CC4)c3c(N)nccn23)C1. The minimum atomic E-state index is -0.195. The quantitative estimate of drug-likeness (QED) is 0.386. The van der Waals surface area contributed by atoms with Crippen molar-refractivity contribution in [2.75, 3.05) is 18.8 Å². The van der Waals surface area contributed by atoms with Crippen LogP contribution >= 0.6 is 0 Å². The standard InChI is InChI=1S/C31H34N6O2/c32-29-28-27(22-9-8-21-10-11-25(39-26(21)17-22)20-5-2-1-3-6-20)35-31(37(28)14-12-34-29)23-15-19(16-23)18-36-13-4-7-24(36)30(33)38/h1-3,5-6,8-9,12,14,17,19,23-25H,4,7,10-11,13,15-16,18H2,(H2,32,34)(H2,33,38)/t19?,23?,24-,25?/m0/s1. The van der Waals surface area contributed by atoms with Crippen LogP contribution in [0.2, 0.25) is 0 Å². The Balaban J connectivity index is 1.16. The summed E-state index contributed by atoms with van der Waals surface area (Å²) in [6, 6.07) is 16.7. The molecule has 200 valence electrons. The van der Waals surface area contributed by atoms with Crippen molar-refractivity contribution in [3.63, 3.8) is 0 Å². The summed E-state index contributed by atoms with van der Waals surface area (Å²) in [6.07, 6.45) is 9.69. The van der Waals surface area contributed by atoms with Crippen LogP contribution in [0.3, 0.4) is 0 Å². The van der Waals surface area contributed by atoms with E-state index in [9.17, 15) is 4.79 Å². The van der Waals surface area contributed by atoms with Crippen LogP contribution in [-0.2, 0) is 11.2 Å². The first-order valence-electron chi connectivity index (χ1n) is 14.1. The second kappa shape index (κ2) is 9.68. The molecule has 2 aromatic carbocycles. The molecule has 1 saturated carbocycles. The molecule has 7 rings (SSSR count). The summed E-state index contributed by atoms with van der Waals surface area (Å²) in [5, 5.41) is 0. The van der Waals surface area contributed by atoms with Gasteiger partial charge in [0, 0.05) is 30.4 Å². The van der Waals surface area contributed by atoms with Crippen molar-refractivity contribution in [1.82, 2.24) is 19.3 Å². The average molecular weight is 523 g/mol. The molecule has 2 aromatic heterocycles. The molecule has 8 nitrogen and oxygen atoms in total. The number of imidazole rings is 1. The van der Waals surface area contributed by atoms with Gasteiger partial charge in [0.25, 0.3) is 0 Å². The van der Waals surface area contributed by atoms with E-state index in [4.69, 9.17) is 21.2 Å². The van der Waals surface area contributed by atoms with Gasteiger partial charge in [-0.05, 0) is 68.2 Å². The third-order valence-corrected chi connectivity index (χ3v) is 8.85.